The number of ether oxygens (including phenoxy) is 1. The van der Waals surface area contributed by atoms with E-state index < -0.39 is 0 Å². The Labute approximate surface area is 102 Å². The summed E-state index contributed by atoms with van der Waals surface area (Å²) in [5.74, 6) is 0.881. The molecule has 0 radical (unpaired) electrons. The number of aromatic nitrogens is 2. The molecule has 0 unspecified atom stereocenters. The van der Waals surface area contributed by atoms with Crippen molar-refractivity contribution in [2.45, 2.75) is 39.3 Å². The molecule has 2 rings (SSSR count). The van der Waals surface area contributed by atoms with E-state index >= 15 is 0 Å². The summed E-state index contributed by atoms with van der Waals surface area (Å²) < 4.78 is 5.15. The van der Waals surface area contributed by atoms with E-state index in [0.717, 1.165) is 36.6 Å². The van der Waals surface area contributed by atoms with Crippen LogP contribution in [0.25, 0.3) is 0 Å². The molecule has 1 aliphatic heterocycles. The second-order valence-corrected chi connectivity index (χ2v) is 5.29. The van der Waals surface area contributed by atoms with E-state index in [1.807, 2.05) is 0 Å². The van der Waals surface area contributed by atoms with Gasteiger partial charge in [0.1, 0.15) is 5.82 Å². The quantitative estimate of drug-likeness (QED) is 0.811. The largest absolute Gasteiger partial charge is 0.467 e. The van der Waals surface area contributed by atoms with Crippen LogP contribution in [0.15, 0.2) is 0 Å². The molecule has 1 aromatic rings. The average molecular weight is 236 g/mol. The van der Waals surface area contributed by atoms with Gasteiger partial charge in [0.2, 0.25) is 0 Å². The van der Waals surface area contributed by atoms with Gasteiger partial charge in [0.25, 0.3) is 0 Å². The van der Waals surface area contributed by atoms with Crippen molar-refractivity contribution in [3.8, 4) is 6.01 Å². The van der Waals surface area contributed by atoms with Crippen molar-refractivity contribution in [1.82, 2.24) is 15.3 Å². The van der Waals surface area contributed by atoms with Gasteiger partial charge in [-0.05, 0) is 20.8 Å². The van der Waals surface area contributed by atoms with Crippen LogP contribution in [-0.2, 0) is 13.0 Å². The summed E-state index contributed by atoms with van der Waals surface area (Å²) in [6.45, 7) is 8.12. The van der Waals surface area contributed by atoms with E-state index in [1.165, 1.54) is 0 Å². The molecule has 1 aromatic heterocycles. The Hall–Kier alpha value is -1.36. The van der Waals surface area contributed by atoms with E-state index in [-0.39, 0.29) is 5.54 Å². The lowest BCUT2D eigenvalue weighted by atomic mass is 10.1. The molecule has 2 heterocycles. The molecule has 0 atom stereocenters. The third kappa shape index (κ3) is 2.85. The van der Waals surface area contributed by atoms with Gasteiger partial charge < -0.3 is 15.4 Å². The summed E-state index contributed by atoms with van der Waals surface area (Å²) in [5.41, 5.74) is 2.22. The molecule has 1 aliphatic rings. The van der Waals surface area contributed by atoms with E-state index in [0.29, 0.717) is 6.01 Å². The molecule has 0 fully saturated rings. The van der Waals surface area contributed by atoms with Gasteiger partial charge in [-0.15, -0.1) is 0 Å². The summed E-state index contributed by atoms with van der Waals surface area (Å²) in [4.78, 5) is 8.81. The third-order valence-electron chi connectivity index (χ3n) is 2.59. The molecule has 94 valence electrons. The minimum absolute atomic E-state index is 0.0232. The molecule has 0 bridgehead atoms. The first-order valence-electron chi connectivity index (χ1n) is 5.92. The van der Waals surface area contributed by atoms with E-state index in [1.54, 1.807) is 7.11 Å². The highest BCUT2D eigenvalue weighted by Gasteiger charge is 2.20. The van der Waals surface area contributed by atoms with Crippen molar-refractivity contribution in [3.63, 3.8) is 0 Å². The van der Waals surface area contributed by atoms with Crippen LogP contribution in [0.1, 0.15) is 32.0 Å². The molecule has 2 N–H and O–H groups in total. The third-order valence-corrected chi connectivity index (χ3v) is 2.59. The number of nitrogens with zero attached hydrogens (tertiary/aromatic N) is 2. The Morgan fingerprint density at radius 3 is 2.71 bits per heavy atom. The summed E-state index contributed by atoms with van der Waals surface area (Å²) in [7, 11) is 1.60. The molecule has 0 saturated carbocycles. The van der Waals surface area contributed by atoms with Crippen LogP contribution in [0.4, 0.5) is 5.82 Å². The van der Waals surface area contributed by atoms with Crippen LogP contribution >= 0.6 is 0 Å². The summed E-state index contributed by atoms with van der Waals surface area (Å²) >= 11 is 0. The van der Waals surface area contributed by atoms with Gasteiger partial charge in [-0.2, -0.15) is 9.97 Å². The van der Waals surface area contributed by atoms with Crippen LogP contribution in [0.5, 0.6) is 6.01 Å². The van der Waals surface area contributed by atoms with Crippen molar-refractivity contribution >= 4 is 5.82 Å². The fourth-order valence-corrected chi connectivity index (χ4v) is 1.87. The molecule has 17 heavy (non-hydrogen) atoms. The zero-order valence-corrected chi connectivity index (χ0v) is 10.9. The van der Waals surface area contributed by atoms with Crippen molar-refractivity contribution in [1.29, 1.82) is 0 Å². The Morgan fingerprint density at radius 2 is 2.06 bits per heavy atom. The van der Waals surface area contributed by atoms with Gasteiger partial charge in [0, 0.05) is 30.6 Å². The summed E-state index contributed by atoms with van der Waals surface area (Å²) in [5, 5.41) is 6.76. The SMILES string of the molecule is COc1nc2c(c(NC(C)(C)C)n1)CNCC2. The predicted molar refractivity (Wildman–Crippen MR) is 67.4 cm³/mol. The number of methoxy groups -OCH3 is 1. The number of hydrogen-bond acceptors (Lipinski definition) is 5. The number of nitrogens with one attached hydrogen (secondary N) is 2. The normalized spacial score (nSPS) is 15.3. The second-order valence-electron chi connectivity index (χ2n) is 5.29. The number of hydrogen-bond donors (Lipinski definition) is 2. The maximum atomic E-state index is 5.15. The maximum Gasteiger partial charge on any atom is 0.318 e. The fraction of sp³-hybridized carbons (Fsp3) is 0.667. The molecular weight excluding hydrogens is 216 g/mol. The molecule has 5 heteroatoms. The first-order chi connectivity index (χ1) is 7.99. The highest BCUT2D eigenvalue weighted by molar-refractivity contribution is 5.50. The van der Waals surface area contributed by atoms with Gasteiger partial charge >= 0.3 is 6.01 Å². The number of fused-ring (bicyclic) bond motifs is 1. The van der Waals surface area contributed by atoms with Gasteiger partial charge in [-0.1, -0.05) is 0 Å². The Kier molecular flexibility index (Phi) is 3.19. The number of rotatable bonds is 2. The zero-order valence-electron chi connectivity index (χ0n) is 10.9. The van der Waals surface area contributed by atoms with Crippen molar-refractivity contribution in [3.05, 3.63) is 11.3 Å². The van der Waals surface area contributed by atoms with Gasteiger partial charge in [-0.25, -0.2) is 0 Å². The van der Waals surface area contributed by atoms with Crippen molar-refractivity contribution in [2.24, 2.45) is 0 Å². The van der Waals surface area contributed by atoms with Crippen molar-refractivity contribution < 1.29 is 4.74 Å². The summed E-state index contributed by atoms with van der Waals surface area (Å²) in [6, 6.07) is 0.442. The monoisotopic (exact) mass is 236 g/mol. The molecular formula is C12H20N4O. The Balaban J connectivity index is 2.41. The van der Waals surface area contributed by atoms with E-state index in [4.69, 9.17) is 4.74 Å². The second kappa shape index (κ2) is 4.49. The fourth-order valence-electron chi connectivity index (χ4n) is 1.87. The van der Waals surface area contributed by atoms with Gasteiger partial charge in [0.05, 0.1) is 12.8 Å². The van der Waals surface area contributed by atoms with Crippen LogP contribution in [-0.4, -0.2) is 29.2 Å². The molecule has 0 aromatic carbocycles. The van der Waals surface area contributed by atoms with E-state index in [2.05, 4.69) is 41.4 Å². The minimum Gasteiger partial charge on any atom is -0.467 e. The predicted octanol–water partition coefficient (Wildman–Crippen LogP) is 1.34. The lowest BCUT2D eigenvalue weighted by molar-refractivity contribution is 0.376. The molecule has 0 spiro atoms. The van der Waals surface area contributed by atoms with Crippen LogP contribution in [0.3, 0.4) is 0 Å². The van der Waals surface area contributed by atoms with Gasteiger partial charge in [0.15, 0.2) is 0 Å². The van der Waals surface area contributed by atoms with Crippen LogP contribution in [0, 0.1) is 0 Å². The standard InChI is InChI=1S/C12H20N4O/c1-12(2,3)16-10-8-7-13-6-5-9(8)14-11(15-10)17-4/h13H,5-7H2,1-4H3,(H,14,15,16). The zero-order chi connectivity index (χ0) is 12.5. The summed E-state index contributed by atoms with van der Waals surface area (Å²) in [6.07, 6.45) is 0.924. The maximum absolute atomic E-state index is 5.15. The molecule has 0 saturated heterocycles. The molecule has 0 aliphatic carbocycles. The van der Waals surface area contributed by atoms with Gasteiger partial charge in [-0.3, -0.25) is 0 Å². The van der Waals surface area contributed by atoms with E-state index in [9.17, 15) is 0 Å². The lowest BCUT2D eigenvalue weighted by Crippen LogP contribution is -2.31. The minimum atomic E-state index is -0.0232. The van der Waals surface area contributed by atoms with Crippen LogP contribution in [0.2, 0.25) is 0 Å². The topological polar surface area (TPSA) is 59.1 Å². The van der Waals surface area contributed by atoms with Crippen LogP contribution < -0.4 is 15.4 Å². The smallest absolute Gasteiger partial charge is 0.318 e. The average Bonchev–Trinajstić information content (AvgIpc) is 2.26. The first kappa shape index (κ1) is 12.1. The lowest BCUT2D eigenvalue weighted by Gasteiger charge is -2.26. The number of anilines is 1. The molecule has 0 amide bonds. The first-order valence-corrected chi connectivity index (χ1v) is 5.92. The Bertz CT molecular complexity index is 412. The Morgan fingerprint density at radius 1 is 1.29 bits per heavy atom. The highest BCUT2D eigenvalue weighted by Crippen LogP contribution is 2.24. The van der Waals surface area contributed by atoms with Crippen molar-refractivity contribution in [2.75, 3.05) is 19.0 Å². The highest BCUT2D eigenvalue weighted by atomic mass is 16.5. The molecule has 5 nitrogen and oxygen atoms in total.